The maximum absolute atomic E-state index is 12.6. The van der Waals surface area contributed by atoms with Gasteiger partial charge in [-0.15, -0.1) is 0 Å². The van der Waals surface area contributed by atoms with E-state index in [0.717, 1.165) is 17.5 Å². The van der Waals surface area contributed by atoms with E-state index >= 15 is 0 Å². The maximum Gasteiger partial charge on any atom is 0.279 e. The minimum Gasteiger partial charge on any atom is -0.396 e. The number of carbonyl (C=O) groups is 1. The van der Waals surface area contributed by atoms with Crippen LogP contribution in [-0.4, -0.2) is 30.9 Å². The van der Waals surface area contributed by atoms with Crippen molar-refractivity contribution >= 4 is 21.5 Å². The minimum atomic E-state index is -3.84. The second-order valence-electron chi connectivity index (χ2n) is 6.61. The predicted molar refractivity (Wildman–Crippen MR) is 113 cm³/mol. The lowest BCUT2D eigenvalue weighted by atomic mass is 9.98. The van der Waals surface area contributed by atoms with E-state index in [1.807, 2.05) is 13.0 Å². The molecule has 2 rings (SSSR count). The van der Waals surface area contributed by atoms with E-state index in [9.17, 15) is 13.2 Å². The Morgan fingerprint density at radius 2 is 2.03 bits per heavy atom. The number of ketones is 1. The lowest BCUT2D eigenvalue weighted by Crippen LogP contribution is -2.15. The zero-order valence-electron chi connectivity index (χ0n) is 16.5. The van der Waals surface area contributed by atoms with Crippen LogP contribution in [0.15, 0.2) is 59.3 Å². The summed E-state index contributed by atoms with van der Waals surface area (Å²) in [4.78, 5) is 16.3. The Labute approximate surface area is 171 Å². The first-order chi connectivity index (χ1) is 13.9. The summed E-state index contributed by atoms with van der Waals surface area (Å²) in [6.45, 7) is 2.19. The molecule has 0 saturated heterocycles. The van der Waals surface area contributed by atoms with Gasteiger partial charge >= 0.3 is 0 Å². The van der Waals surface area contributed by atoms with Crippen LogP contribution in [0.2, 0.25) is 0 Å². The summed E-state index contributed by atoms with van der Waals surface area (Å²) in [7, 11) is -3.84. The molecule has 0 aliphatic heterocycles. The molecule has 7 nitrogen and oxygen atoms in total. The number of aliphatic hydroxyl groups excluding tert-OH is 1. The molecule has 0 aliphatic carbocycles. The maximum atomic E-state index is 12.6. The third kappa shape index (κ3) is 6.77. The molecule has 0 amide bonds. The van der Waals surface area contributed by atoms with Gasteiger partial charge in [0.25, 0.3) is 10.0 Å². The van der Waals surface area contributed by atoms with Gasteiger partial charge in [0, 0.05) is 37.9 Å². The number of aliphatic hydroxyl groups is 1. The van der Waals surface area contributed by atoms with Gasteiger partial charge in [-0.25, -0.2) is 4.98 Å². The van der Waals surface area contributed by atoms with Crippen molar-refractivity contribution in [1.29, 1.82) is 0 Å². The summed E-state index contributed by atoms with van der Waals surface area (Å²) in [6, 6.07) is 9.92. The number of pyridine rings is 1. The molecule has 0 radical (unpaired) electrons. The van der Waals surface area contributed by atoms with Crippen LogP contribution in [-0.2, 0) is 27.8 Å². The highest BCUT2D eigenvalue weighted by molar-refractivity contribution is 7.92. The van der Waals surface area contributed by atoms with Crippen molar-refractivity contribution in [3.63, 3.8) is 0 Å². The highest BCUT2D eigenvalue weighted by atomic mass is 32.2. The van der Waals surface area contributed by atoms with Crippen LogP contribution in [0, 0.1) is 0 Å². The van der Waals surface area contributed by atoms with Crippen LogP contribution in [0.3, 0.4) is 0 Å². The van der Waals surface area contributed by atoms with E-state index in [0.29, 0.717) is 30.5 Å². The van der Waals surface area contributed by atoms with Gasteiger partial charge in [-0.3, -0.25) is 9.52 Å². The fourth-order valence-electron chi connectivity index (χ4n) is 2.77. The summed E-state index contributed by atoms with van der Waals surface area (Å²) in [6.07, 6.45) is 5.14. The lowest BCUT2D eigenvalue weighted by Gasteiger charge is -2.11. The molecule has 156 valence electrons. The highest BCUT2D eigenvalue weighted by Gasteiger charge is 2.16. The normalized spacial score (nSPS) is 12.0. The van der Waals surface area contributed by atoms with E-state index in [2.05, 4.69) is 9.71 Å². The molecular formula is C21H27N3O4S. The van der Waals surface area contributed by atoms with E-state index in [1.54, 1.807) is 30.3 Å². The summed E-state index contributed by atoms with van der Waals surface area (Å²) < 4.78 is 27.7. The third-order valence-electron chi connectivity index (χ3n) is 4.24. The van der Waals surface area contributed by atoms with Crippen LogP contribution in [0.4, 0.5) is 5.69 Å². The number of hydrogen-bond donors (Lipinski definition) is 3. The van der Waals surface area contributed by atoms with Crippen molar-refractivity contribution in [2.75, 3.05) is 11.3 Å². The molecule has 0 unspecified atom stereocenters. The van der Waals surface area contributed by atoms with Gasteiger partial charge in [-0.05, 0) is 47.7 Å². The molecule has 8 heteroatoms. The van der Waals surface area contributed by atoms with Gasteiger partial charge in [0.15, 0.2) is 10.8 Å². The van der Waals surface area contributed by atoms with Crippen LogP contribution >= 0.6 is 0 Å². The molecule has 29 heavy (non-hydrogen) atoms. The number of nitrogens with two attached hydrogens (primary N) is 1. The Balaban J connectivity index is 2.20. The number of allylic oxidation sites excluding steroid dienone is 1. The van der Waals surface area contributed by atoms with Gasteiger partial charge in [-0.1, -0.05) is 31.2 Å². The number of Topliss-reactive ketones (excluding diaryl/α,β-unsaturated/α-hetero) is 1. The van der Waals surface area contributed by atoms with Crippen LogP contribution in [0.1, 0.15) is 37.3 Å². The van der Waals surface area contributed by atoms with Gasteiger partial charge in [0.1, 0.15) is 0 Å². The Morgan fingerprint density at radius 1 is 1.24 bits per heavy atom. The molecule has 1 heterocycles. The number of sulfonamides is 1. The number of aromatic nitrogens is 1. The van der Waals surface area contributed by atoms with Gasteiger partial charge in [-0.2, -0.15) is 8.42 Å². The molecule has 0 spiro atoms. The van der Waals surface area contributed by atoms with E-state index in [4.69, 9.17) is 10.8 Å². The van der Waals surface area contributed by atoms with Crippen molar-refractivity contribution < 1.29 is 18.3 Å². The molecule has 0 atom stereocenters. The number of anilines is 1. The van der Waals surface area contributed by atoms with Crippen LogP contribution in [0.25, 0.3) is 0 Å². The van der Waals surface area contributed by atoms with E-state index in [1.165, 1.54) is 12.3 Å². The van der Waals surface area contributed by atoms with Gasteiger partial charge in [0.2, 0.25) is 0 Å². The molecule has 4 N–H and O–H groups in total. The predicted octanol–water partition coefficient (Wildman–Crippen LogP) is 2.56. The Bertz CT molecular complexity index is 954. The molecule has 0 bridgehead atoms. The molecule has 2 aromatic rings. The number of nitrogens with one attached hydrogen (secondary N) is 1. The number of rotatable bonds is 11. The fraction of sp³-hybridized carbons (Fsp3) is 0.333. The van der Waals surface area contributed by atoms with Gasteiger partial charge < -0.3 is 10.8 Å². The first-order valence-electron chi connectivity index (χ1n) is 9.49. The van der Waals surface area contributed by atoms with Crippen molar-refractivity contribution in [3.05, 3.63) is 65.4 Å². The first kappa shape index (κ1) is 22.7. The Hall–Kier alpha value is -2.55. The lowest BCUT2D eigenvalue weighted by molar-refractivity contribution is -0.115. The summed E-state index contributed by atoms with van der Waals surface area (Å²) in [5.41, 5.74) is 8.06. The highest BCUT2D eigenvalue weighted by Crippen LogP contribution is 2.19. The van der Waals surface area contributed by atoms with E-state index < -0.39 is 10.0 Å². The third-order valence-corrected chi connectivity index (χ3v) is 5.53. The monoisotopic (exact) mass is 417 g/mol. The summed E-state index contributed by atoms with van der Waals surface area (Å²) >= 11 is 0. The van der Waals surface area contributed by atoms with E-state index in [-0.39, 0.29) is 24.0 Å². The molecule has 1 aromatic heterocycles. The fourth-order valence-corrected chi connectivity index (χ4v) is 3.75. The smallest absolute Gasteiger partial charge is 0.279 e. The zero-order valence-corrected chi connectivity index (χ0v) is 17.3. The molecule has 0 aliphatic rings. The second-order valence-corrected chi connectivity index (χ2v) is 8.24. The topological polar surface area (TPSA) is 122 Å². The van der Waals surface area contributed by atoms with Crippen molar-refractivity contribution in [1.82, 2.24) is 4.98 Å². The first-order valence-corrected chi connectivity index (χ1v) is 11.0. The van der Waals surface area contributed by atoms with Crippen molar-refractivity contribution in [3.8, 4) is 0 Å². The quantitative estimate of drug-likeness (QED) is 0.483. The molecule has 0 fully saturated rings. The van der Waals surface area contributed by atoms with Crippen LogP contribution in [0.5, 0.6) is 0 Å². The average Bonchev–Trinajstić information content (AvgIpc) is 2.71. The van der Waals surface area contributed by atoms with Crippen LogP contribution < -0.4 is 10.5 Å². The van der Waals surface area contributed by atoms with Gasteiger partial charge in [0.05, 0.1) is 0 Å². The molecule has 0 saturated carbocycles. The average molecular weight is 418 g/mol. The number of nitrogens with zero attached hydrogens (tertiary/aromatic N) is 1. The van der Waals surface area contributed by atoms with Crippen molar-refractivity contribution in [2.45, 2.75) is 44.2 Å². The Kier molecular flexibility index (Phi) is 8.50. The summed E-state index contributed by atoms with van der Waals surface area (Å²) in [5, 5.41) is 8.96. The standard InChI is InChI=1S/C21H27N3O4S/c1-2-5-20(26)18(7-4-11-25)12-16-6-3-8-19(13-16)24-29(27,28)21-10-9-17(14-22)15-23-21/h3,6-10,13,15,24-25H,2,4-5,11-12,14,22H2,1H3/b18-7-. The number of hydrogen-bond acceptors (Lipinski definition) is 6. The SMILES string of the molecule is CCCC(=O)/C(=C\CCO)Cc1cccc(NS(=O)(=O)c2ccc(CN)cn2)c1. The molecule has 1 aromatic carbocycles. The minimum absolute atomic E-state index is 0.0291. The Morgan fingerprint density at radius 3 is 2.66 bits per heavy atom. The number of carbonyl (C=O) groups excluding carboxylic acids is 1. The van der Waals surface area contributed by atoms with Crippen molar-refractivity contribution in [2.24, 2.45) is 5.73 Å². The second kappa shape index (κ2) is 10.8. The summed E-state index contributed by atoms with van der Waals surface area (Å²) in [5.74, 6) is 0.0381. The number of benzene rings is 1. The largest absolute Gasteiger partial charge is 0.396 e. The zero-order chi connectivity index (χ0) is 21.3. The molecular weight excluding hydrogens is 390 g/mol.